The molecule has 0 saturated carbocycles. The first kappa shape index (κ1) is 13.0. The quantitative estimate of drug-likeness (QED) is 0.718. The summed E-state index contributed by atoms with van der Waals surface area (Å²) in [6.45, 7) is 15.9. The molecule has 1 aliphatic heterocycles. The van der Waals surface area contributed by atoms with Gasteiger partial charge in [-0.25, -0.2) is 0 Å². The molecule has 2 heteroatoms. The largest absolute Gasteiger partial charge is 0.381 e. The van der Waals surface area contributed by atoms with E-state index < -0.39 is 0 Å². The predicted octanol–water partition coefficient (Wildman–Crippen LogP) is 3.11. The minimum absolute atomic E-state index is 0.0336. The number of hydrogen-bond donors (Lipinski definition) is 0. The molecule has 1 rings (SSSR count). The highest BCUT2D eigenvalue weighted by Gasteiger charge is 2.37. The van der Waals surface area contributed by atoms with E-state index in [2.05, 4.69) is 41.5 Å². The third-order valence-corrected chi connectivity index (χ3v) is 3.04. The highest BCUT2D eigenvalue weighted by atomic mass is 16.5. The monoisotopic (exact) mass is 214 g/mol. The summed E-state index contributed by atoms with van der Waals surface area (Å²) >= 11 is 0. The van der Waals surface area contributed by atoms with Crippen molar-refractivity contribution in [2.45, 2.75) is 47.1 Å². The molecule has 0 bridgehead atoms. The van der Waals surface area contributed by atoms with E-state index in [4.69, 9.17) is 9.47 Å². The van der Waals surface area contributed by atoms with E-state index in [0.29, 0.717) is 17.3 Å². The molecule has 0 radical (unpaired) electrons. The average Bonchev–Trinajstić information content (AvgIpc) is 1.88. The third-order valence-electron chi connectivity index (χ3n) is 3.04. The third kappa shape index (κ3) is 4.12. The normalized spacial score (nSPS) is 21.2. The zero-order valence-corrected chi connectivity index (χ0v) is 11.1. The van der Waals surface area contributed by atoms with Crippen LogP contribution in [0.25, 0.3) is 0 Å². The Kier molecular flexibility index (Phi) is 3.83. The van der Waals surface area contributed by atoms with E-state index in [0.717, 1.165) is 19.8 Å². The molecule has 0 amide bonds. The molecule has 0 spiro atoms. The Bertz CT molecular complexity index is 194. The van der Waals surface area contributed by atoms with Gasteiger partial charge in [-0.1, -0.05) is 20.8 Å². The van der Waals surface area contributed by atoms with Crippen LogP contribution in [0.5, 0.6) is 0 Å². The van der Waals surface area contributed by atoms with Crippen LogP contribution in [0.4, 0.5) is 0 Å². The maximum atomic E-state index is 5.92. The summed E-state index contributed by atoms with van der Waals surface area (Å²) in [5.41, 5.74) is 0.272. The lowest BCUT2D eigenvalue weighted by Gasteiger charge is -2.42. The molecule has 1 fully saturated rings. The van der Waals surface area contributed by atoms with E-state index in [1.165, 1.54) is 0 Å². The fourth-order valence-corrected chi connectivity index (χ4v) is 1.92. The Balaban J connectivity index is 2.50. The van der Waals surface area contributed by atoms with Crippen LogP contribution in [-0.4, -0.2) is 25.4 Å². The summed E-state index contributed by atoms with van der Waals surface area (Å²) in [5.74, 6) is 1.29. The highest BCUT2D eigenvalue weighted by molar-refractivity contribution is 4.84. The van der Waals surface area contributed by atoms with Gasteiger partial charge in [0.25, 0.3) is 0 Å². The topological polar surface area (TPSA) is 18.5 Å². The van der Waals surface area contributed by atoms with Gasteiger partial charge in [-0.3, -0.25) is 0 Å². The van der Waals surface area contributed by atoms with Crippen LogP contribution in [0, 0.1) is 17.3 Å². The van der Waals surface area contributed by atoms with Crippen LogP contribution in [0.3, 0.4) is 0 Å². The van der Waals surface area contributed by atoms with Crippen molar-refractivity contribution in [3.8, 4) is 0 Å². The lowest BCUT2D eigenvalue weighted by atomic mass is 9.72. The molecule has 0 aromatic heterocycles. The summed E-state index contributed by atoms with van der Waals surface area (Å²) in [6.07, 6.45) is 0. The Hall–Kier alpha value is -0.0800. The van der Waals surface area contributed by atoms with Crippen molar-refractivity contribution in [2.75, 3.05) is 19.8 Å². The molecular formula is C13H26O2. The van der Waals surface area contributed by atoms with Crippen LogP contribution >= 0.6 is 0 Å². The summed E-state index contributed by atoms with van der Waals surface area (Å²) in [5, 5.41) is 0. The molecule has 0 aromatic rings. The molecule has 15 heavy (non-hydrogen) atoms. The van der Waals surface area contributed by atoms with Crippen molar-refractivity contribution >= 4 is 0 Å². The van der Waals surface area contributed by atoms with Crippen LogP contribution in [0.15, 0.2) is 0 Å². The molecular weight excluding hydrogens is 188 g/mol. The van der Waals surface area contributed by atoms with Gasteiger partial charge in [0.1, 0.15) is 0 Å². The molecule has 90 valence electrons. The molecule has 1 unspecified atom stereocenters. The highest BCUT2D eigenvalue weighted by Crippen LogP contribution is 2.36. The second kappa shape index (κ2) is 4.42. The molecule has 0 aromatic carbocycles. The van der Waals surface area contributed by atoms with Crippen molar-refractivity contribution in [1.82, 2.24) is 0 Å². The fourth-order valence-electron chi connectivity index (χ4n) is 1.92. The molecule has 0 N–H and O–H groups in total. The van der Waals surface area contributed by atoms with Gasteiger partial charge in [-0.05, 0) is 32.1 Å². The first-order chi connectivity index (χ1) is 6.70. The van der Waals surface area contributed by atoms with Gasteiger partial charge in [0.15, 0.2) is 0 Å². The van der Waals surface area contributed by atoms with Crippen LogP contribution in [-0.2, 0) is 9.47 Å². The summed E-state index contributed by atoms with van der Waals surface area (Å²) in [6, 6.07) is 0. The maximum Gasteiger partial charge on any atom is 0.0598 e. The van der Waals surface area contributed by atoms with E-state index in [-0.39, 0.29) is 5.60 Å². The van der Waals surface area contributed by atoms with Gasteiger partial charge in [-0.15, -0.1) is 0 Å². The van der Waals surface area contributed by atoms with E-state index in [1.807, 2.05) is 0 Å². The number of hydrogen-bond acceptors (Lipinski definition) is 2. The smallest absolute Gasteiger partial charge is 0.0598 e. The number of ether oxygens (including phenoxy) is 2. The first-order valence-electron chi connectivity index (χ1n) is 5.92. The van der Waals surface area contributed by atoms with Gasteiger partial charge in [0, 0.05) is 5.92 Å². The summed E-state index contributed by atoms with van der Waals surface area (Å²) in [7, 11) is 0. The number of rotatable bonds is 3. The first-order valence-corrected chi connectivity index (χ1v) is 5.92. The van der Waals surface area contributed by atoms with Crippen LogP contribution in [0.2, 0.25) is 0 Å². The molecule has 2 nitrogen and oxygen atoms in total. The van der Waals surface area contributed by atoms with E-state index in [9.17, 15) is 0 Å². The van der Waals surface area contributed by atoms with Crippen LogP contribution in [0.1, 0.15) is 41.5 Å². The van der Waals surface area contributed by atoms with Crippen molar-refractivity contribution in [3.05, 3.63) is 0 Å². The Morgan fingerprint density at radius 1 is 1.13 bits per heavy atom. The van der Waals surface area contributed by atoms with Crippen LogP contribution < -0.4 is 0 Å². The second-order valence-electron chi connectivity index (χ2n) is 6.69. The maximum absolute atomic E-state index is 5.92. The molecule has 1 saturated heterocycles. The van der Waals surface area contributed by atoms with E-state index in [1.54, 1.807) is 0 Å². The predicted molar refractivity (Wildman–Crippen MR) is 63.0 cm³/mol. The van der Waals surface area contributed by atoms with Gasteiger partial charge in [-0.2, -0.15) is 0 Å². The van der Waals surface area contributed by atoms with Crippen molar-refractivity contribution in [3.63, 3.8) is 0 Å². The molecule has 1 aliphatic rings. The summed E-state index contributed by atoms with van der Waals surface area (Å²) in [4.78, 5) is 0. The molecule has 0 aliphatic carbocycles. The SMILES string of the molecule is CC(C)(C)OCC(C1COC1)C(C)(C)C. The zero-order valence-electron chi connectivity index (χ0n) is 11.1. The standard InChI is InChI=1S/C13H26O2/c1-12(2,3)11(10-7-14-8-10)9-15-13(4,5)6/h10-11H,7-9H2,1-6H3. The Morgan fingerprint density at radius 3 is 1.93 bits per heavy atom. The Morgan fingerprint density at radius 2 is 1.67 bits per heavy atom. The van der Waals surface area contributed by atoms with Crippen molar-refractivity contribution in [2.24, 2.45) is 17.3 Å². The van der Waals surface area contributed by atoms with Gasteiger partial charge in [0.05, 0.1) is 25.4 Å². The van der Waals surface area contributed by atoms with Crippen molar-refractivity contribution < 1.29 is 9.47 Å². The Labute approximate surface area is 94.3 Å². The lowest BCUT2D eigenvalue weighted by molar-refractivity contribution is -0.125. The lowest BCUT2D eigenvalue weighted by Crippen LogP contribution is -2.44. The average molecular weight is 214 g/mol. The van der Waals surface area contributed by atoms with E-state index >= 15 is 0 Å². The van der Waals surface area contributed by atoms with Gasteiger partial charge in [0.2, 0.25) is 0 Å². The molecule has 1 atom stereocenters. The second-order valence-corrected chi connectivity index (χ2v) is 6.69. The summed E-state index contributed by atoms with van der Waals surface area (Å²) < 4.78 is 11.2. The molecule has 1 heterocycles. The van der Waals surface area contributed by atoms with Gasteiger partial charge >= 0.3 is 0 Å². The van der Waals surface area contributed by atoms with Crippen molar-refractivity contribution in [1.29, 1.82) is 0 Å². The van der Waals surface area contributed by atoms with Gasteiger partial charge < -0.3 is 9.47 Å². The zero-order chi connectivity index (χ0) is 11.7. The fraction of sp³-hybridized carbons (Fsp3) is 1.00. The minimum Gasteiger partial charge on any atom is -0.381 e. The minimum atomic E-state index is -0.0336.